The number of amides is 1. The fourth-order valence-electron chi connectivity index (χ4n) is 3.23. The van der Waals surface area contributed by atoms with Crippen LogP contribution < -0.4 is 9.08 Å². The molecule has 1 amide bonds. The van der Waals surface area contributed by atoms with Gasteiger partial charge in [0, 0.05) is 18.7 Å². The van der Waals surface area contributed by atoms with Crippen molar-refractivity contribution in [1.82, 2.24) is 0 Å². The lowest BCUT2D eigenvalue weighted by Gasteiger charge is -2.20. The molecule has 0 aliphatic carbocycles. The lowest BCUT2D eigenvalue weighted by molar-refractivity contribution is -0.116. The van der Waals surface area contributed by atoms with Crippen LogP contribution in [-0.4, -0.2) is 33.4 Å². The largest absolute Gasteiger partial charge is 0.465 e. The van der Waals surface area contributed by atoms with Gasteiger partial charge in [-0.15, -0.1) is 0 Å². The Kier molecular flexibility index (Phi) is 4.93. The van der Waals surface area contributed by atoms with E-state index in [1.165, 1.54) is 38.3 Å². The average Bonchev–Trinajstić information content (AvgIpc) is 2.96. The Morgan fingerprint density at radius 3 is 2.52 bits per heavy atom. The van der Waals surface area contributed by atoms with E-state index < -0.39 is 16.1 Å². The third-order valence-corrected chi connectivity index (χ3v) is 5.62. The van der Waals surface area contributed by atoms with Gasteiger partial charge in [0.25, 0.3) is 0 Å². The predicted octanol–water partition coefficient (Wildman–Crippen LogP) is 2.54. The van der Waals surface area contributed by atoms with Gasteiger partial charge in [-0.25, -0.2) is 4.79 Å². The maximum absolute atomic E-state index is 12.7. The summed E-state index contributed by atoms with van der Waals surface area (Å²) in [5.74, 6) is -0.899. The molecule has 2 aromatic rings. The van der Waals surface area contributed by atoms with Gasteiger partial charge < -0.3 is 13.8 Å². The number of carbonyl (C=O) groups excluding carboxylic acids is 2. The minimum atomic E-state index is -4.17. The minimum absolute atomic E-state index is 0.0149. The van der Waals surface area contributed by atoms with Crippen molar-refractivity contribution in [2.75, 3.05) is 12.0 Å². The van der Waals surface area contributed by atoms with Crippen LogP contribution in [0.3, 0.4) is 0 Å². The Bertz CT molecular complexity index is 1010. The lowest BCUT2D eigenvalue weighted by Crippen LogP contribution is -2.33. The normalized spacial score (nSPS) is 16.0. The number of carbonyl (C=O) groups is 2. The quantitative estimate of drug-likeness (QED) is 0.590. The van der Waals surface area contributed by atoms with Crippen LogP contribution in [0.4, 0.5) is 5.69 Å². The van der Waals surface area contributed by atoms with Crippen LogP contribution in [0.1, 0.15) is 29.8 Å². The molecule has 0 spiro atoms. The van der Waals surface area contributed by atoms with Gasteiger partial charge in [-0.1, -0.05) is 12.1 Å². The first-order valence-electron chi connectivity index (χ1n) is 8.29. The molecule has 0 radical (unpaired) electrons. The van der Waals surface area contributed by atoms with E-state index >= 15 is 0 Å². The number of benzene rings is 2. The van der Waals surface area contributed by atoms with E-state index in [-0.39, 0.29) is 28.2 Å². The summed E-state index contributed by atoms with van der Waals surface area (Å²) in [6.07, 6.45) is 0.553. The second-order valence-corrected chi connectivity index (χ2v) is 7.80. The van der Waals surface area contributed by atoms with E-state index in [0.29, 0.717) is 12.1 Å². The van der Waals surface area contributed by atoms with Crippen LogP contribution in [0.15, 0.2) is 47.4 Å². The third-order valence-electron chi connectivity index (χ3n) is 4.39. The highest BCUT2D eigenvalue weighted by Gasteiger charge is 2.31. The molecule has 27 heavy (non-hydrogen) atoms. The first kappa shape index (κ1) is 18.9. The molecule has 0 aromatic heterocycles. The molecule has 0 bridgehead atoms. The summed E-state index contributed by atoms with van der Waals surface area (Å²) in [5, 5.41) is 0. The Hall–Kier alpha value is -2.87. The second kappa shape index (κ2) is 7.03. The number of fused-ring (bicyclic) bond motifs is 1. The summed E-state index contributed by atoms with van der Waals surface area (Å²) in [6, 6.07) is 10.4. The maximum atomic E-state index is 12.7. The summed E-state index contributed by atoms with van der Waals surface area (Å²) >= 11 is 0. The van der Waals surface area contributed by atoms with E-state index in [2.05, 4.69) is 4.74 Å². The number of methoxy groups -OCH3 is 1. The summed E-state index contributed by atoms with van der Waals surface area (Å²) in [7, 11) is -2.96. The van der Waals surface area contributed by atoms with Crippen LogP contribution in [0.25, 0.3) is 0 Å². The molecular weight excluding hydrogens is 370 g/mol. The van der Waals surface area contributed by atoms with Gasteiger partial charge in [0.15, 0.2) is 5.75 Å². The highest BCUT2D eigenvalue weighted by molar-refractivity contribution is 7.87. The smallest absolute Gasteiger partial charge is 0.341 e. The first-order valence-corrected chi connectivity index (χ1v) is 9.70. The standard InChI is InChI=1S/C19H19NO6S/c1-12-10-14-11-15(8-9-17(14)20(12)13(2)21)27(23,24)26-18-7-5-4-6-16(18)19(22)25-3/h4-9,11-12H,10H2,1-3H3. The molecule has 142 valence electrons. The second-order valence-electron chi connectivity index (χ2n) is 6.26. The molecular formula is C19H19NO6S. The van der Waals surface area contributed by atoms with Crippen molar-refractivity contribution < 1.29 is 26.9 Å². The van der Waals surface area contributed by atoms with Crippen molar-refractivity contribution in [3.8, 4) is 5.75 Å². The van der Waals surface area contributed by atoms with Gasteiger partial charge in [0.1, 0.15) is 10.5 Å². The molecule has 0 saturated heterocycles. The molecule has 0 fully saturated rings. The van der Waals surface area contributed by atoms with E-state index in [1.807, 2.05) is 6.92 Å². The van der Waals surface area contributed by atoms with Crippen LogP contribution in [-0.2, 0) is 26.1 Å². The number of ether oxygens (including phenoxy) is 1. The molecule has 0 saturated carbocycles. The van der Waals surface area contributed by atoms with Crippen molar-refractivity contribution in [3.63, 3.8) is 0 Å². The van der Waals surface area contributed by atoms with E-state index in [0.717, 1.165) is 5.56 Å². The van der Waals surface area contributed by atoms with Gasteiger partial charge in [-0.05, 0) is 49.2 Å². The highest BCUT2D eigenvalue weighted by Crippen LogP contribution is 2.34. The molecule has 3 rings (SSSR count). The zero-order valence-electron chi connectivity index (χ0n) is 15.1. The van der Waals surface area contributed by atoms with Crippen molar-refractivity contribution in [1.29, 1.82) is 0 Å². The number of nitrogens with zero attached hydrogens (tertiary/aromatic N) is 1. The molecule has 1 aliphatic rings. The fraction of sp³-hybridized carbons (Fsp3) is 0.263. The van der Waals surface area contributed by atoms with Crippen molar-refractivity contribution >= 4 is 27.7 Å². The number of esters is 1. The molecule has 1 atom stereocenters. The molecule has 2 aromatic carbocycles. The Morgan fingerprint density at radius 1 is 1.15 bits per heavy atom. The zero-order valence-corrected chi connectivity index (χ0v) is 15.9. The van der Waals surface area contributed by atoms with Crippen LogP contribution in [0.2, 0.25) is 0 Å². The molecule has 8 heteroatoms. The predicted molar refractivity (Wildman–Crippen MR) is 98.4 cm³/mol. The Morgan fingerprint density at radius 2 is 1.85 bits per heavy atom. The Labute approximate surface area is 157 Å². The van der Waals surface area contributed by atoms with E-state index in [4.69, 9.17) is 4.18 Å². The molecule has 7 nitrogen and oxygen atoms in total. The van der Waals surface area contributed by atoms with Crippen LogP contribution in [0, 0.1) is 0 Å². The zero-order chi connectivity index (χ0) is 19.8. The fourth-order valence-corrected chi connectivity index (χ4v) is 4.23. The summed E-state index contributed by atoms with van der Waals surface area (Å²) < 4.78 is 35.3. The van der Waals surface area contributed by atoms with Gasteiger partial charge in [-0.2, -0.15) is 8.42 Å². The van der Waals surface area contributed by atoms with Gasteiger partial charge in [0.05, 0.1) is 7.11 Å². The maximum Gasteiger partial charge on any atom is 0.341 e. The third kappa shape index (κ3) is 3.52. The average molecular weight is 389 g/mol. The van der Waals surface area contributed by atoms with E-state index in [9.17, 15) is 18.0 Å². The number of hydrogen-bond acceptors (Lipinski definition) is 6. The van der Waals surface area contributed by atoms with Crippen LogP contribution in [0.5, 0.6) is 5.75 Å². The molecule has 0 N–H and O–H groups in total. The number of hydrogen-bond donors (Lipinski definition) is 0. The number of para-hydroxylation sites is 1. The van der Waals surface area contributed by atoms with Gasteiger partial charge >= 0.3 is 16.1 Å². The SMILES string of the molecule is COC(=O)c1ccccc1OS(=O)(=O)c1ccc2c(c1)CC(C)N2C(C)=O. The monoisotopic (exact) mass is 389 g/mol. The van der Waals surface area contributed by atoms with Crippen molar-refractivity contribution in [2.24, 2.45) is 0 Å². The summed E-state index contributed by atoms with van der Waals surface area (Å²) in [5.41, 5.74) is 1.47. The first-order chi connectivity index (χ1) is 12.7. The summed E-state index contributed by atoms with van der Waals surface area (Å²) in [4.78, 5) is 25.2. The van der Waals surface area contributed by atoms with Gasteiger partial charge in [0.2, 0.25) is 5.91 Å². The minimum Gasteiger partial charge on any atom is -0.465 e. The van der Waals surface area contributed by atoms with E-state index in [1.54, 1.807) is 23.1 Å². The van der Waals surface area contributed by atoms with Crippen molar-refractivity contribution in [2.45, 2.75) is 31.2 Å². The lowest BCUT2D eigenvalue weighted by atomic mass is 10.1. The molecule has 1 heterocycles. The number of rotatable bonds is 4. The van der Waals surface area contributed by atoms with Gasteiger partial charge in [-0.3, -0.25) is 4.79 Å². The summed E-state index contributed by atoms with van der Waals surface area (Å²) in [6.45, 7) is 3.38. The molecule has 1 unspecified atom stereocenters. The number of anilines is 1. The molecule has 1 aliphatic heterocycles. The van der Waals surface area contributed by atoms with Crippen LogP contribution >= 0.6 is 0 Å². The highest BCUT2D eigenvalue weighted by atomic mass is 32.2. The topological polar surface area (TPSA) is 90.0 Å². The van der Waals surface area contributed by atoms with Crippen molar-refractivity contribution in [3.05, 3.63) is 53.6 Å². The Balaban J connectivity index is 1.95.